The Morgan fingerprint density at radius 2 is 2.14 bits per heavy atom. The van der Waals surface area contributed by atoms with Gasteiger partial charge in [0.25, 0.3) is 0 Å². The second-order valence-corrected chi connectivity index (χ2v) is 1.69. The van der Waals surface area contributed by atoms with Crippen LogP contribution in [0.3, 0.4) is 0 Å². The topological polar surface area (TPSA) is 12.9 Å². The second-order valence-electron chi connectivity index (χ2n) is 0.899. The zero-order valence-corrected chi connectivity index (χ0v) is 4.91. The van der Waals surface area contributed by atoms with Crippen molar-refractivity contribution in [2.45, 2.75) is 0 Å². The molecule has 0 aliphatic carbocycles. The molecule has 0 unspecified atom stereocenters. The summed E-state index contributed by atoms with van der Waals surface area (Å²) in [6, 6.07) is -0.294. The van der Waals surface area contributed by atoms with E-state index in [-0.39, 0.29) is 28.9 Å². The molecule has 0 saturated carbocycles. The molecule has 0 amide bonds. The van der Waals surface area contributed by atoms with Crippen LogP contribution in [-0.2, 0) is 0 Å². The minimum atomic E-state index is -0.280. The largest absolute Gasteiger partial charge is 0.265 e. The summed E-state index contributed by atoms with van der Waals surface area (Å²) < 4.78 is 28.6. The first-order chi connectivity index (χ1) is 5.04. The Morgan fingerprint density at radius 3 is 2.71 bits per heavy atom. The lowest BCUT2D eigenvalue weighted by molar-refractivity contribution is 1.32. The summed E-state index contributed by atoms with van der Waals surface area (Å²) in [7, 11) is 0. The minimum Gasteiger partial charge on any atom is -0.265 e. The van der Waals surface area contributed by atoms with E-state index in [9.17, 15) is 0 Å². The maximum atomic E-state index is 7.18. The van der Waals surface area contributed by atoms with E-state index in [1.807, 2.05) is 0 Å². The SMILES string of the molecule is [2H]c1nc([2H])c([2H])c(Br)c1[2H]. The van der Waals surface area contributed by atoms with Gasteiger partial charge in [0.2, 0.25) is 0 Å². The highest BCUT2D eigenvalue weighted by Crippen LogP contribution is 2.03. The lowest BCUT2D eigenvalue weighted by Gasteiger charge is -1.80. The molecule has 2 heteroatoms. The van der Waals surface area contributed by atoms with E-state index in [0.29, 0.717) is 0 Å². The molecular formula is C5H4BrN. The van der Waals surface area contributed by atoms with Crippen LogP contribution in [0.25, 0.3) is 0 Å². The standard InChI is InChI=1S/C5H4BrN/c6-5-1-3-7-4-2-5/h1-4H/i1D,2D,3D,4D. The van der Waals surface area contributed by atoms with Gasteiger partial charge < -0.3 is 0 Å². The number of hydrogen-bond acceptors (Lipinski definition) is 1. The van der Waals surface area contributed by atoms with E-state index in [4.69, 9.17) is 5.48 Å². The first kappa shape index (κ1) is 1.86. The molecule has 0 atom stereocenters. The molecular weight excluding hydrogens is 154 g/mol. The molecule has 0 fully saturated rings. The maximum absolute atomic E-state index is 7.18. The lowest BCUT2D eigenvalue weighted by Crippen LogP contribution is -1.63. The van der Waals surface area contributed by atoms with Crippen molar-refractivity contribution >= 4 is 15.9 Å². The predicted molar refractivity (Wildman–Crippen MR) is 31.9 cm³/mol. The molecule has 7 heavy (non-hydrogen) atoms. The fraction of sp³-hybridized carbons (Fsp3) is 0. The molecule has 1 rings (SSSR count). The highest BCUT2D eigenvalue weighted by Gasteiger charge is 1.75. The molecule has 0 aromatic carbocycles. The van der Waals surface area contributed by atoms with Gasteiger partial charge in [-0.3, -0.25) is 4.98 Å². The molecule has 1 aromatic rings. The summed E-state index contributed by atoms with van der Waals surface area (Å²) >= 11 is 2.93. The summed E-state index contributed by atoms with van der Waals surface area (Å²) in [6.45, 7) is 0. The first-order valence-corrected chi connectivity index (χ1v) is 2.43. The minimum absolute atomic E-state index is 0.147. The second kappa shape index (κ2) is 2.07. The van der Waals surface area contributed by atoms with Crippen molar-refractivity contribution in [2.24, 2.45) is 0 Å². The number of halogens is 1. The van der Waals surface area contributed by atoms with E-state index < -0.39 is 0 Å². The zero-order valence-electron chi connectivity index (χ0n) is 7.33. The van der Waals surface area contributed by atoms with Crippen molar-refractivity contribution < 1.29 is 5.48 Å². The van der Waals surface area contributed by atoms with Crippen molar-refractivity contribution in [3.05, 3.63) is 28.9 Å². The fourth-order valence-electron chi connectivity index (χ4n) is 0.213. The average molecular weight is 162 g/mol. The molecule has 0 aliphatic heterocycles. The summed E-state index contributed by atoms with van der Waals surface area (Å²) in [4.78, 5) is 3.36. The van der Waals surface area contributed by atoms with Crippen LogP contribution in [0.5, 0.6) is 0 Å². The van der Waals surface area contributed by atoms with Gasteiger partial charge in [-0.2, -0.15) is 0 Å². The molecule has 0 aliphatic rings. The molecule has 0 bridgehead atoms. The van der Waals surface area contributed by atoms with E-state index in [2.05, 4.69) is 20.9 Å². The summed E-state index contributed by atoms with van der Waals surface area (Å²) in [5, 5.41) is 0. The van der Waals surface area contributed by atoms with Gasteiger partial charge in [-0.1, -0.05) is 15.9 Å². The van der Waals surface area contributed by atoms with Crippen molar-refractivity contribution in [1.82, 2.24) is 4.98 Å². The summed E-state index contributed by atoms with van der Waals surface area (Å²) in [5.41, 5.74) is 0. The number of rotatable bonds is 0. The Kier molecular flexibility index (Phi) is 0.551. The Morgan fingerprint density at radius 1 is 1.57 bits per heavy atom. The molecule has 0 spiro atoms. The van der Waals surface area contributed by atoms with E-state index in [1.165, 1.54) is 0 Å². The van der Waals surface area contributed by atoms with E-state index in [1.54, 1.807) is 0 Å². The molecule has 0 saturated heterocycles. The van der Waals surface area contributed by atoms with Crippen LogP contribution < -0.4 is 0 Å². The number of hydrogen-bond donors (Lipinski definition) is 0. The maximum Gasteiger partial charge on any atom is 0.0840 e. The Bertz CT molecular complexity index is 275. The zero-order chi connectivity index (χ0) is 8.59. The molecule has 36 valence electrons. The Balaban J connectivity index is 3.46. The third-order valence-corrected chi connectivity index (χ3v) is 0.840. The van der Waals surface area contributed by atoms with Gasteiger partial charge in [0.05, 0.1) is 5.48 Å². The van der Waals surface area contributed by atoms with Gasteiger partial charge in [0.1, 0.15) is 0 Å². The molecule has 0 N–H and O–H groups in total. The van der Waals surface area contributed by atoms with Crippen LogP contribution in [0.4, 0.5) is 0 Å². The van der Waals surface area contributed by atoms with Crippen LogP contribution in [0.1, 0.15) is 5.48 Å². The van der Waals surface area contributed by atoms with E-state index in [0.717, 1.165) is 0 Å². The van der Waals surface area contributed by atoms with Gasteiger partial charge >= 0.3 is 0 Å². The molecule has 1 aromatic heterocycles. The molecule has 0 radical (unpaired) electrons. The van der Waals surface area contributed by atoms with Crippen LogP contribution in [0.2, 0.25) is 0 Å². The van der Waals surface area contributed by atoms with Crippen molar-refractivity contribution in [1.29, 1.82) is 0 Å². The average Bonchev–Trinajstić information content (AvgIpc) is 1.97. The highest BCUT2D eigenvalue weighted by atomic mass is 79.9. The Hall–Kier alpha value is -0.370. The number of nitrogens with zero attached hydrogens (tertiary/aromatic N) is 1. The number of aromatic nitrogens is 1. The van der Waals surface area contributed by atoms with Gasteiger partial charge in [-0.15, -0.1) is 0 Å². The molecule has 1 nitrogen and oxygen atoms in total. The summed E-state index contributed by atoms with van der Waals surface area (Å²) in [6.07, 6.45) is -0.559. The lowest BCUT2D eigenvalue weighted by atomic mass is 10.5. The van der Waals surface area contributed by atoms with Crippen molar-refractivity contribution in [2.75, 3.05) is 0 Å². The fourth-order valence-corrected chi connectivity index (χ4v) is 0.391. The smallest absolute Gasteiger partial charge is 0.0840 e. The third-order valence-electron chi connectivity index (χ3n) is 0.443. The third kappa shape index (κ3) is 1.27. The predicted octanol–water partition coefficient (Wildman–Crippen LogP) is 1.84. The van der Waals surface area contributed by atoms with E-state index >= 15 is 0 Å². The normalized spacial score (nSPS) is 16.7. The van der Waals surface area contributed by atoms with Crippen LogP contribution in [-0.4, -0.2) is 4.98 Å². The first-order valence-electron chi connectivity index (χ1n) is 3.64. The monoisotopic (exact) mass is 161 g/mol. The molecule has 1 heterocycles. The van der Waals surface area contributed by atoms with Crippen LogP contribution in [0, 0.1) is 0 Å². The number of pyridine rings is 1. The highest BCUT2D eigenvalue weighted by molar-refractivity contribution is 9.10. The van der Waals surface area contributed by atoms with Crippen LogP contribution >= 0.6 is 15.9 Å². The van der Waals surface area contributed by atoms with Gasteiger partial charge in [0.15, 0.2) is 0 Å². The van der Waals surface area contributed by atoms with Crippen LogP contribution in [0.15, 0.2) is 28.9 Å². The Labute approximate surface area is 56.1 Å². The summed E-state index contributed by atoms with van der Waals surface area (Å²) in [5.74, 6) is 0. The van der Waals surface area contributed by atoms with Gasteiger partial charge in [-0.05, 0) is 12.1 Å². The van der Waals surface area contributed by atoms with Crippen molar-refractivity contribution in [3.63, 3.8) is 0 Å². The van der Waals surface area contributed by atoms with Crippen molar-refractivity contribution in [3.8, 4) is 0 Å². The van der Waals surface area contributed by atoms with Gasteiger partial charge in [0, 0.05) is 16.8 Å². The quantitative estimate of drug-likeness (QED) is 0.567. The van der Waals surface area contributed by atoms with Gasteiger partial charge in [-0.25, -0.2) is 0 Å².